The van der Waals surface area contributed by atoms with E-state index in [2.05, 4.69) is 33.4 Å². The van der Waals surface area contributed by atoms with E-state index >= 15 is 0 Å². The topological polar surface area (TPSA) is 55.9 Å². The zero-order valence-electron chi connectivity index (χ0n) is 10.6. The lowest BCUT2D eigenvalue weighted by atomic mass is 10.0. The van der Waals surface area contributed by atoms with Gasteiger partial charge in [-0.15, -0.1) is 0 Å². The SMILES string of the molecule is CCCn1cc(C(NN)c2cccc(F)c2Br)cn1. The molecule has 19 heavy (non-hydrogen) atoms. The van der Waals surface area contributed by atoms with Crippen LogP contribution in [-0.4, -0.2) is 9.78 Å². The van der Waals surface area contributed by atoms with E-state index in [0.29, 0.717) is 4.47 Å². The summed E-state index contributed by atoms with van der Waals surface area (Å²) in [5.74, 6) is 5.30. The first-order valence-electron chi connectivity index (χ1n) is 6.09. The maximum Gasteiger partial charge on any atom is 0.137 e. The summed E-state index contributed by atoms with van der Waals surface area (Å²) < 4.78 is 15.9. The van der Waals surface area contributed by atoms with Gasteiger partial charge in [0.15, 0.2) is 0 Å². The number of nitrogens with one attached hydrogen (secondary N) is 1. The monoisotopic (exact) mass is 326 g/mol. The minimum Gasteiger partial charge on any atom is -0.272 e. The first-order chi connectivity index (χ1) is 9.17. The molecule has 0 radical (unpaired) electrons. The van der Waals surface area contributed by atoms with Crippen molar-refractivity contribution < 1.29 is 4.39 Å². The molecular formula is C13H16BrFN4. The van der Waals surface area contributed by atoms with Gasteiger partial charge in [0, 0.05) is 18.3 Å². The summed E-state index contributed by atoms with van der Waals surface area (Å²) in [4.78, 5) is 0. The van der Waals surface area contributed by atoms with Crippen LogP contribution in [0.3, 0.4) is 0 Å². The molecule has 0 aliphatic carbocycles. The van der Waals surface area contributed by atoms with Gasteiger partial charge in [0.1, 0.15) is 5.82 Å². The van der Waals surface area contributed by atoms with Crippen molar-refractivity contribution >= 4 is 15.9 Å². The fraction of sp³-hybridized carbons (Fsp3) is 0.308. The van der Waals surface area contributed by atoms with Gasteiger partial charge in [0.25, 0.3) is 0 Å². The third-order valence-corrected chi connectivity index (χ3v) is 3.74. The highest BCUT2D eigenvalue weighted by atomic mass is 79.9. The van der Waals surface area contributed by atoms with E-state index in [-0.39, 0.29) is 11.9 Å². The maximum atomic E-state index is 13.6. The Bertz CT molecular complexity index is 555. The molecule has 0 bridgehead atoms. The van der Waals surface area contributed by atoms with Gasteiger partial charge in [-0.2, -0.15) is 5.10 Å². The minimum atomic E-state index is -0.307. The molecule has 1 unspecified atom stereocenters. The maximum absolute atomic E-state index is 13.6. The number of nitrogens with two attached hydrogens (primary N) is 1. The third kappa shape index (κ3) is 3.02. The molecule has 1 aromatic carbocycles. The van der Waals surface area contributed by atoms with Crippen molar-refractivity contribution in [3.63, 3.8) is 0 Å². The number of hydrogen-bond donors (Lipinski definition) is 2. The highest BCUT2D eigenvalue weighted by molar-refractivity contribution is 9.10. The molecule has 1 heterocycles. The number of benzene rings is 1. The summed E-state index contributed by atoms with van der Waals surface area (Å²) in [5.41, 5.74) is 4.36. The molecule has 0 amide bonds. The van der Waals surface area contributed by atoms with Crippen molar-refractivity contribution in [2.75, 3.05) is 0 Å². The van der Waals surface area contributed by atoms with Gasteiger partial charge in [0.05, 0.1) is 16.7 Å². The second kappa shape index (κ2) is 6.27. The molecule has 3 N–H and O–H groups in total. The number of nitrogens with zero attached hydrogens (tertiary/aromatic N) is 2. The molecule has 0 aliphatic rings. The highest BCUT2D eigenvalue weighted by Gasteiger charge is 2.18. The molecule has 1 aromatic heterocycles. The van der Waals surface area contributed by atoms with Crippen molar-refractivity contribution in [2.24, 2.45) is 5.84 Å². The van der Waals surface area contributed by atoms with Crippen LogP contribution in [0, 0.1) is 5.82 Å². The lowest BCUT2D eigenvalue weighted by Crippen LogP contribution is -2.29. The molecule has 0 fully saturated rings. The molecule has 6 heteroatoms. The van der Waals surface area contributed by atoms with Crippen molar-refractivity contribution in [2.45, 2.75) is 25.9 Å². The molecule has 0 aliphatic heterocycles. The summed E-state index contributed by atoms with van der Waals surface area (Å²) in [6.45, 7) is 2.94. The Morgan fingerprint density at radius 2 is 2.32 bits per heavy atom. The van der Waals surface area contributed by atoms with E-state index < -0.39 is 0 Å². The summed E-state index contributed by atoms with van der Waals surface area (Å²) in [6, 6.07) is 4.60. The van der Waals surface area contributed by atoms with E-state index in [1.807, 2.05) is 16.9 Å². The Hall–Kier alpha value is -1.24. The van der Waals surface area contributed by atoms with Crippen molar-refractivity contribution in [3.8, 4) is 0 Å². The Labute approximate surface area is 119 Å². The van der Waals surface area contributed by atoms with E-state index in [0.717, 1.165) is 24.1 Å². The van der Waals surface area contributed by atoms with E-state index in [4.69, 9.17) is 5.84 Å². The van der Waals surface area contributed by atoms with Crippen molar-refractivity contribution in [3.05, 3.63) is 52.0 Å². The van der Waals surface area contributed by atoms with Crippen LogP contribution in [0.25, 0.3) is 0 Å². The van der Waals surface area contributed by atoms with Crippen LogP contribution >= 0.6 is 15.9 Å². The van der Waals surface area contributed by atoms with Gasteiger partial charge >= 0.3 is 0 Å². The molecule has 0 saturated heterocycles. The summed E-state index contributed by atoms with van der Waals surface area (Å²) in [6.07, 6.45) is 4.68. The van der Waals surface area contributed by atoms with Gasteiger partial charge in [-0.3, -0.25) is 10.5 Å². The van der Waals surface area contributed by atoms with Crippen molar-refractivity contribution in [1.82, 2.24) is 15.2 Å². The van der Waals surface area contributed by atoms with Gasteiger partial charge in [0.2, 0.25) is 0 Å². The van der Waals surface area contributed by atoms with Crippen LogP contribution in [0.15, 0.2) is 35.1 Å². The number of aryl methyl sites for hydroxylation is 1. The van der Waals surface area contributed by atoms with E-state index in [1.165, 1.54) is 6.07 Å². The lowest BCUT2D eigenvalue weighted by Gasteiger charge is -2.16. The van der Waals surface area contributed by atoms with Crippen molar-refractivity contribution in [1.29, 1.82) is 0 Å². The smallest absolute Gasteiger partial charge is 0.137 e. The first-order valence-corrected chi connectivity index (χ1v) is 6.89. The number of halogens is 2. The second-order valence-corrected chi connectivity index (χ2v) is 5.07. The minimum absolute atomic E-state index is 0.296. The number of hydrogen-bond acceptors (Lipinski definition) is 3. The number of hydrazine groups is 1. The molecule has 0 saturated carbocycles. The van der Waals surface area contributed by atoms with E-state index in [9.17, 15) is 4.39 Å². The molecular weight excluding hydrogens is 311 g/mol. The standard InChI is InChI=1S/C13H16BrFN4/c1-2-6-19-8-9(7-17-19)13(18-16)10-4-3-5-11(15)12(10)14/h3-5,7-8,13,18H,2,6,16H2,1H3. The summed E-state index contributed by atoms with van der Waals surface area (Å²) in [7, 11) is 0. The zero-order valence-corrected chi connectivity index (χ0v) is 12.2. The largest absolute Gasteiger partial charge is 0.272 e. The van der Waals surface area contributed by atoms with Crippen LogP contribution in [0.5, 0.6) is 0 Å². The number of rotatable bonds is 5. The summed E-state index contributed by atoms with van der Waals surface area (Å²) in [5, 5.41) is 4.26. The van der Waals surface area contributed by atoms with Crippen LogP contribution in [0.2, 0.25) is 0 Å². The Balaban J connectivity index is 2.35. The molecule has 0 spiro atoms. The Morgan fingerprint density at radius 1 is 1.53 bits per heavy atom. The fourth-order valence-electron chi connectivity index (χ4n) is 1.99. The van der Waals surface area contributed by atoms with Gasteiger partial charge in [-0.05, 0) is 34.0 Å². The molecule has 102 valence electrons. The van der Waals surface area contributed by atoms with Crippen LogP contribution < -0.4 is 11.3 Å². The fourth-order valence-corrected chi connectivity index (χ4v) is 2.48. The van der Waals surface area contributed by atoms with Crippen LogP contribution in [-0.2, 0) is 6.54 Å². The normalized spacial score (nSPS) is 12.6. The molecule has 2 rings (SSSR count). The van der Waals surface area contributed by atoms with Gasteiger partial charge in [-0.1, -0.05) is 19.1 Å². The predicted octanol–water partition coefficient (Wildman–Crippen LogP) is 2.75. The average molecular weight is 327 g/mol. The van der Waals surface area contributed by atoms with Gasteiger partial charge in [-0.25, -0.2) is 9.82 Å². The highest BCUT2D eigenvalue weighted by Crippen LogP contribution is 2.29. The quantitative estimate of drug-likeness (QED) is 0.656. The number of aromatic nitrogens is 2. The lowest BCUT2D eigenvalue weighted by molar-refractivity contribution is 0.590. The molecule has 4 nitrogen and oxygen atoms in total. The third-order valence-electron chi connectivity index (χ3n) is 2.90. The van der Waals surface area contributed by atoms with E-state index in [1.54, 1.807) is 12.3 Å². The average Bonchev–Trinajstić information content (AvgIpc) is 2.84. The summed E-state index contributed by atoms with van der Waals surface area (Å²) >= 11 is 3.26. The van der Waals surface area contributed by atoms with Crippen LogP contribution in [0.1, 0.15) is 30.5 Å². The van der Waals surface area contributed by atoms with Crippen LogP contribution in [0.4, 0.5) is 4.39 Å². The molecule has 2 aromatic rings. The van der Waals surface area contributed by atoms with Gasteiger partial charge < -0.3 is 0 Å². The predicted molar refractivity (Wildman–Crippen MR) is 75.8 cm³/mol. The second-order valence-electron chi connectivity index (χ2n) is 4.28. The Morgan fingerprint density at radius 3 is 3.00 bits per heavy atom. The zero-order chi connectivity index (χ0) is 13.8. The molecule has 1 atom stereocenters. The first kappa shape index (κ1) is 14.2. The Kier molecular flexibility index (Phi) is 4.68.